The molecule has 17 heavy (non-hydrogen) atoms. The number of rotatable bonds is 6. The Labute approximate surface area is 102 Å². The van der Waals surface area contributed by atoms with Crippen LogP contribution in [0.2, 0.25) is 0 Å². The molecular weight excluding hydrogens is 214 g/mol. The van der Waals surface area contributed by atoms with Gasteiger partial charge in [-0.2, -0.15) is 0 Å². The quantitative estimate of drug-likeness (QED) is 0.707. The van der Waals surface area contributed by atoms with E-state index in [0.29, 0.717) is 12.5 Å². The fourth-order valence-corrected chi connectivity index (χ4v) is 1.88. The van der Waals surface area contributed by atoms with Gasteiger partial charge >= 0.3 is 0 Å². The van der Waals surface area contributed by atoms with E-state index in [2.05, 4.69) is 19.1 Å². The summed E-state index contributed by atoms with van der Waals surface area (Å²) in [4.78, 5) is 12.4. The Morgan fingerprint density at radius 3 is 2.82 bits per heavy atom. The number of carbonyl (C=O) groups is 1. The molecule has 3 nitrogen and oxygen atoms in total. The largest absolute Gasteiger partial charge is 0.491 e. The van der Waals surface area contributed by atoms with E-state index in [0.717, 1.165) is 24.3 Å². The highest BCUT2D eigenvalue weighted by Gasteiger charge is 2.24. The Bertz CT molecular complexity index is 399. The third-order valence-electron chi connectivity index (χ3n) is 3.03. The van der Waals surface area contributed by atoms with Crippen molar-refractivity contribution in [2.24, 2.45) is 0 Å². The molecule has 1 fully saturated rings. The van der Waals surface area contributed by atoms with Crippen molar-refractivity contribution >= 4 is 12.1 Å². The zero-order valence-corrected chi connectivity index (χ0v) is 10.5. The molecule has 0 radical (unpaired) electrons. The standard InChI is InChI=1S/C14H19NO2/c1-3-8-17-14-9-12(11-4-5-11)6-7-13(14)15(2)10-16/h6-7,9-11H,3-5,8H2,1-2H3. The zero-order chi connectivity index (χ0) is 12.3. The van der Waals surface area contributed by atoms with Crippen LogP contribution in [-0.2, 0) is 4.79 Å². The van der Waals surface area contributed by atoms with Gasteiger partial charge in [0.05, 0.1) is 12.3 Å². The minimum Gasteiger partial charge on any atom is -0.491 e. The lowest BCUT2D eigenvalue weighted by Gasteiger charge is -2.17. The molecule has 0 aliphatic heterocycles. The molecule has 3 heteroatoms. The molecule has 92 valence electrons. The van der Waals surface area contributed by atoms with Crippen molar-refractivity contribution < 1.29 is 9.53 Å². The van der Waals surface area contributed by atoms with Crippen molar-refractivity contribution in [2.45, 2.75) is 32.1 Å². The van der Waals surface area contributed by atoms with Gasteiger partial charge in [0, 0.05) is 7.05 Å². The van der Waals surface area contributed by atoms with Crippen LogP contribution in [-0.4, -0.2) is 20.1 Å². The Morgan fingerprint density at radius 2 is 2.24 bits per heavy atom. The van der Waals surface area contributed by atoms with Crippen LogP contribution in [0.15, 0.2) is 18.2 Å². The molecule has 0 spiro atoms. The monoisotopic (exact) mass is 233 g/mol. The third-order valence-corrected chi connectivity index (χ3v) is 3.03. The van der Waals surface area contributed by atoms with E-state index in [4.69, 9.17) is 4.74 Å². The first-order valence-electron chi connectivity index (χ1n) is 6.21. The molecule has 1 amide bonds. The van der Waals surface area contributed by atoms with Crippen LogP contribution in [0.1, 0.15) is 37.7 Å². The fraction of sp³-hybridized carbons (Fsp3) is 0.500. The van der Waals surface area contributed by atoms with Crippen LogP contribution in [0.4, 0.5) is 5.69 Å². The second kappa shape index (κ2) is 5.21. The predicted molar refractivity (Wildman–Crippen MR) is 68.7 cm³/mol. The molecule has 0 bridgehead atoms. The van der Waals surface area contributed by atoms with Gasteiger partial charge in [0.25, 0.3) is 0 Å². The molecule has 0 saturated heterocycles. The second-order valence-electron chi connectivity index (χ2n) is 4.57. The highest BCUT2D eigenvalue weighted by atomic mass is 16.5. The number of carbonyl (C=O) groups excluding carboxylic acids is 1. The van der Waals surface area contributed by atoms with Gasteiger partial charge in [-0.3, -0.25) is 4.79 Å². The summed E-state index contributed by atoms with van der Waals surface area (Å²) >= 11 is 0. The fourth-order valence-electron chi connectivity index (χ4n) is 1.88. The summed E-state index contributed by atoms with van der Waals surface area (Å²) < 4.78 is 5.73. The van der Waals surface area contributed by atoms with E-state index in [1.807, 2.05) is 6.07 Å². The van der Waals surface area contributed by atoms with Crippen molar-refractivity contribution in [1.29, 1.82) is 0 Å². The number of hydrogen-bond donors (Lipinski definition) is 0. The first-order chi connectivity index (χ1) is 8.26. The van der Waals surface area contributed by atoms with E-state index in [1.165, 1.54) is 18.4 Å². The second-order valence-corrected chi connectivity index (χ2v) is 4.57. The maximum atomic E-state index is 10.8. The lowest BCUT2D eigenvalue weighted by atomic mass is 10.1. The average Bonchev–Trinajstić information content (AvgIpc) is 3.19. The van der Waals surface area contributed by atoms with Gasteiger partial charge in [0.2, 0.25) is 6.41 Å². The summed E-state index contributed by atoms with van der Waals surface area (Å²) in [6, 6.07) is 6.17. The number of nitrogens with zero attached hydrogens (tertiary/aromatic N) is 1. The van der Waals surface area contributed by atoms with Crippen LogP contribution in [0.5, 0.6) is 5.75 Å². The highest BCUT2D eigenvalue weighted by molar-refractivity contribution is 5.78. The molecular formula is C14H19NO2. The molecule has 1 aliphatic rings. The van der Waals surface area contributed by atoms with E-state index < -0.39 is 0 Å². The maximum absolute atomic E-state index is 10.8. The van der Waals surface area contributed by atoms with E-state index in [-0.39, 0.29) is 0 Å². The van der Waals surface area contributed by atoms with Crippen LogP contribution in [0.25, 0.3) is 0 Å². The Hall–Kier alpha value is -1.51. The van der Waals surface area contributed by atoms with Gasteiger partial charge in [0.15, 0.2) is 0 Å². The number of amides is 1. The van der Waals surface area contributed by atoms with Crippen LogP contribution in [0, 0.1) is 0 Å². The normalized spacial score (nSPS) is 14.5. The third kappa shape index (κ3) is 2.78. The molecule has 1 aromatic carbocycles. The van der Waals surface area contributed by atoms with E-state index >= 15 is 0 Å². The maximum Gasteiger partial charge on any atom is 0.213 e. The van der Waals surface area contributed by atoms with Crippen LogP contribution in [0.3, 0.4) is 0 Å². The number of hydrogen-bond acceptors (Lipinski definition) is 2. The van der Waals surface area contributed by atoms with Gasteiger partial charge in [0.1, 0.15) is 5.75 Å². The van der Waals surface area contributed by atoms with Gasteiger partial charge in [-0.05, 0) is 42.9 Å². The first kappa shape index (κ1) is 12.0. The van der Waals surface area contributed by atoms with Gasteiger partial charge in [-0.15, -0.1) is 0 Å². The highest BCUT2D eigenvalue weighted by Crippen LogP contribution is 2.42. The van der Waals surface area contributed by atoms with Crippen molar-refractivity contribution in [3.8, 4) is 5.75 Å². The van der Waals surface area contributed by atoms with Crippen molar-refractivity contribution in [3.63, 3.8) is 0 Å². The molecule has 1 aromatic rings. The molecule has 0 N–H and O–H groups in total. The first-order valence-corrected chi connectivity index (χ1v) is 6.21. The van der Waals surface area contributed by atoms with E-state index in [9.17, 15) is 4.79 Å². The molecule has 0 heterocycles. The summed E-state index contributed by atoms with van der Waals surface area (Å²) in [6.45, 7) is 2.77. The van der Waals surface area contributed by atoms with Gasteiger partial charge in [-0.25, -0.2) is 0 Å². The van der Waals surface area contributed by atoms with E-state index in [1.54, 1.807) is 11.9 Å². The molecule has 0 unspecified atom stereocenters. The Morgan fingerprint density at radius 1 is 1.47 bits per heavy atom. The molecule has 1 aliphatic carbocycles. The minimum atomic E-state index is 0.688. The summed E-state index contributed by atoms with van der Waals surface area (Å²) in [5, 5.41) is 0. The van der Waals surface area contributed by atoms with Crippen LogP contribution < -0.4 is 9.64 Å². The van der Waals surface area contributed by atoms with Crippen molar-refractivity contribution in [3.05, 3.63) is 23.8 Å². The topological polar surface area (TPSA) is 29.5 Å². The SMILES string of the molecule is CCCOc1cc(C2CC2)ccc1N(C)C=O. The Kier molecular flexibility index (Phi) is 3.67. The molecule has 1 saturated carbocycles. The number of benzene rings is 1. The van der Waals surface area contributed by atoms with Crippen molar-refractivity contribution in [2.75, 3.05) is 18.6 Å². The van der Waals surface area contributed by atoms with Crippen molar-refractivity contribution in [1.82, 2.24) is 0 Å². The predicted octanol–water partition coefficient (Wildman–Crippen LogP) is 2.95. The number of ether oxygens (including phenoxy) is 1. The summed E-state index contributed by atoms with van der Waals surface area (Å²) in [5.41, 5.74) is 2.18. The van der Waals surface area contributed by atoms with Gasteiger partial charge < -0.3 is 9.64 Å². The lowest BCUT2D eigenvalue weighted by molar-refractivity contribution is -0.107. The smallest absolute Gasteiger partial charge is 0.213 e. The van der Waals surface area contributed by atoms with Crippen LogP contribution >= 0.6 is 0 Å². The van der Waals surface area contributed by atoms with Gasteiger partial charge in [-0.1, -0.05) is 13.0 Å². The minimum absolute atomic E-state index is 0.688. The number of anilines is 1. The summed E-state index contributed by atoms with van der Waals surface area (Å²) in [7, 11) is 1.75. The zero-order valence-electron chi connectivity index (χ0n) is 10.5. The summed E-state index contributed by atoms with van der Waals surface area (Å²) in [5.74, 6) is 1.53. The molecule has 2 rings (SSSR count). The lowest BCUT2D eigenvalue weighted by Crippen LogP contribution is -2.15. The molecule has 0 aromatic heterocycles. The Balaban J connectivity index is 2.25. The summed E-state index contributed by atoms with van der Waals surface area (Å²) in [6.07, 6.45) is 4.33. The molecule has 0 atom stereocenters. The average molecular weight is 233 g/mol.